The van der Waals surface area contributed by atoms with Gasteiger partial charge >= 0.3 is 0 Å². The molecule has 68 valence electrons. The first-order chi connectivity index (χ1) is 6.20. The van der Waals surface area contributed by atoms with Crippen LogP contribution in [0.3, 0.4) is 0 Å². The maximum atomic E-state index is 11.7. The van der Waals surface area contributed by atoms with Crippen molar-refractivity contribution in [2.24, 2.45) is 5.41 Å². The minimum Gasteiger partial charge on any atom is -0.330 e. The van der Waals surface area contributed by atoms with Gasteiger partial charge in [0.2, 0.25) is 5.91 Å². The normalized spacial score (nSPS) is 16.8. The molecular weight excluding hydrogens is 164 g/mol. The molecule has 0 unspecified atom stereocenters. The first-order valence-electron chi connectivity index (χ1n) is 4.34. The first-order valence-corrected chi connectivity index (χ1v) is 4.34. The van der Waals surface area contributed by atoms with Crippen molar-refractivity contribution in [2.75, 3.05) is 13.1 Å². The molecule has 1 amide bonds. The molecule has 0 radical (unpaired) electrons. The fourth-order valence-corrected chi connectivity index (χ4v) is 1.24. The van der Waals surface area contributed by atoms with Gasteiger partial charge in [-0.05, 0) is 19.8 Å². The van der Waals surface area contributed by atoms with Crippen LogP contribution in [0.4, 0.5) is 0 Å². The van der Waals surface area contributed by atoms with Crippen LogP contribution in [0.2, 0.25) is 0 Å². The Balaban J connectivity index is 2.67. The fraction of sp³-hybridized carbons (Fsp3) is 0.600. The van der Waals surface area contributed by atoms with E-state index in [2.05, 4.69) is 12.0 Å². The molecule has 1 aliphatic rings. The summed E-state index contributed by atoms with van der Waals surface area (Å²) in [5.41, 5.74) is -0.729. The highest BCUT2D eigenvalue weighted by molar-refractivity contribution is 5.88. The van der Waals surface area contributed by atoms with Crippen molar-refractivity contribution in [3.63, 3.8) is 0 Å². The number of nitrogens with zero attached hydrogens (tertiary/aromatic N) is 2. The smallest absolute Gasteiger partial charge is 0.243 e. The van der Waals surface area contributed by atoms with Gasteiger partial charge in [-0.2, -0.15) is 5.26 Å². The molecule has 3 heteroatoms. The lowest BCUT2D eigenvalue weighted by Gasteiger charge is -2.20. The minimum atomic E-state index is -0.729. The highest BCUT2D eigenvalue weighted by Gasteiger charge is 2.52. The number of hydrogen-bond donors (Lipinski definition) is 0. The molecule has 0 aromatic rings. The van der Waals surface area contributed by atoms with E-state index in [1.54, 1.807) is 4.90 Å². The van der Waals surface area contributed by atoms with Crippen molar-refractivity contribution in [1.82, 2.24) is 4.90 Å². The third-order valence-corrected chi connectivity index (χ3v) is 2.32. The lowest BCUT2D eigenvalue weighted by atomic mass is 10.1. The Kier molecular flexibility index (Phi) is 2.58. The Labute approximate surface area is 78.3 Å². The summed E-state index contributed by atoms with van der Waals surface area (Å²) in [6.07, 6.45) is 6.49. The van der Waals surface area contributed by atoms with Gasteiger partial charge in [-0.15, -0.1) is 6.42 Å². The number of hydrogen-bond acceptors (Lipinski definition) is 2. The predicted octanol–water partition coefficient (Wildman–Crippen LogP) is 0.772. The zero-order valence-corrected chi connectivity index (χ0v) is 7.71. The monoisotopic (exact) mass is 176 g/mol. The van der Waals surface area contributed by atoms with Crippen molar-refractivity contribution in [3.05, 3.63) is 0 Å². The van der Waals surface area contributed by atoms with Crippen molar-refractivity contribution in [3.8, 4) is 18.4 Å². The van der Waals surface area contributed by atoms with Crippen molar-refractivity contribution >= 4 is 5.91 Å². The summed E-state index contributed by atoms with van der Waals surface area (Å²) in [5, 5.41) is 8.79. The van der Waals surface area contributed by atoms with Crippen LogP contribution in [0.15, 0.2) is 0 Å². The number of carbonyl (C=O) groups is 1. The van der Waals surface area contributed by atoms with E-state index in [1.807, 2.05) is 6.92 Å². The summed E-state index contributed by atoms with van der Waals surface area (Å²) in [6.45, 7) is 2.74. The van der Waals surface area contributed by atoms with Crippen LogP contribution in [-0.2, 0) is 4.79 Å². The Bertz CT molecular complexity index is 291. The largest absolute Gasteiger partial charge is 0.330 e. The fourth-order valence-electron chi connectivity index (χ4n) is 1.24. The zero-order chi connectivity index (χ0) is 9.90. The summed E-state index contributed by atoms with van der Waals surface area (Å²) in [4.78, 5) is 13.2. The molecule has 0 heterocycles. The van der Waals surface area contributed by atoms with Crippen LogP contribution in [0.25, 0.3) is 0 Å². The van der Waals surface area contributed by atoms with Crippen molar-refractivity contribution < 1.29 is 4.79 Å². The summed E-state index contributed by atoms with van der Waals surface area (Å²) in [7, 11) is 0. The highest BCUT2D eigenvalue weighted by atomic mass is 16.2. The topological polar surface area (TPSA) is 44.1 Å². The van der Waals surface area contributed by atoms with Crippen LogP contribution < -0.4 is 0 Å². The van der Waals surface area contributed by atoms with Gasteiger partial charge in [0.25, 0.3) is 0 Å². The SMILES string of the molecule is C#CCN(CC)C(=O)C1(C#N)CC1. The Morgan fingerprint density at radius 3 is 2.62 bits per heavy atom. The first kappa shape index (κ1) is 9.61. The summed E-state index contributed by atoms with van der Waals surface area (Å²) >= 11 is 0. The molecule has 1 rings (SSSR count). The van der Waals surface area contributed by atoms with E-state index in [1.165, 1.54) is 0 Å². The Morgan fingerprint density at radius 2 is 2.31 bits per heavy atom. The van der Waals surface area contributed by atoms with Gasteiger partial charge in [-0.25, -0.2) is 0 Å². The van der Waals surface area contributed by atoms with Crippen LogP contribution >= 0.6 is 0 Å². The average molecular weight is 176 g/mol. The average Bonchev–Trinajstić information content (AvgIpc) is 2.93. The second kappa shape index (κ2) is 3.49. The second-order valence-electron chi connectivity index (χ2n) is 3.22. The highest BCUT2D eigenvalue weighted by Crippen LogP contribution is 2.46. The van der Waals surface area contributed by atoms with E-state index in [4.69, 9.17) is 11.7 Å². The van der Waals surface area contributed by atoms with Gasteiger partial charge in [-0.1, -0.05) is 5.92 Å². The maximum Gasteiger partial charge on any atom is 0.243 e. The van der Waals surface area contributed by atoms with Crippen molar-refractivity contribution in [1.29, 1.82) is 5.26 Å². The quantitative estimate of drug-likeness (QED) is 0.596. The van der Waals surface area contributed by atoms with Gasteiger partial charge in [0.05, 0.1) is 12.6 Å². The molecule has 0 bridgehead atoms. The molecule has 13 heavy (non-hydrogen) atoms. The van der Waals surface area contributed by atoms with E-state index in [9.17, 15) is 4.79 Å². The molecule has 0 spiro atoms. The molecule has 1 fully saturated rings. The van der Waals surface area contributed by atoms with Crippen molar-refractivity contribution in [2.45, 2.75) is 19.8 Å². The molecule has 0 atom stereocenters. The third kappa shape index (κ3) is 1.65. The lowest BCUT2D eigenvalue weighted by molar-refractivity contribution is -0.134. The molecule has 1 saturated carbocycles. The molecular formula is C10H12N2O. The lowest BCUT2D eigenvalue weighted by Crippen LogP contribution is -2.36. The molecule has 0 saturated heterocycles. The van der Waals surface area contributed by atoms with Gasteiger partial charge < -0.3 is 4.90 Å². The minimum absolute atomic E-state index is 0.101. The van der Waals surface area contributed by atoms with Crippen LogP contribution in [0, 0.1) is 29.1 Å². The Morgan fingerprint density at radius 1 is 1.69 bits per heavy atom. The Hall–Kier alpha value is -1.48. The van der Waals surface area contributed by atoms with Crippen LogP contribution in [0.1, 0.15) is 19.8 Å². The molecule has 0 aromatic carbocycles. The standard InChI is InChI=1S/C10H12N2O/c1-3-7-12(4-2)9(13)10(8-11)5-6-10/h1H,4-7H2,2H3. The summed E-state index contributed by atoms with van der Waals surface area (Å²) in [6, 6.07) is 2.07. The molecule has 0 aliphatic heterocycles. The molecule has 0 aromatic heterocycles. The van der Waals surface area contributed by atoms with Gasteiger partial charge in [-0.3, -0.25) is 4.79 Å². The van der Waals surface area contributed by atoms with Gasteiger partial charge in [0.1, 0.15) is 5.41 Å². The van der Waals surface area contributed by atoms with E-state index in [0.717, 1.165) is 0 Å². The molecule has 3 nitrogen and oxygen atoms in total. The summed E-state index contributed by atoms with van der Waals surface area (Å²) in [5.74, 6) is 2.32. The molecule has 1 aliphatic carbocycles. The van der Waals surface area contributed by atoms with Gasteiger partial charge in [0.15, 0.2) is 0 Å². The molecule has 0 N–H and O–H groups in total. The van der Waals surface area contributed by atoms with Crippen LogP contribution in [0.5, 0.6) is 0 Å². The number of rotatable bonds is 3. The van der Waals surface area contributed by atoms with Gasteiger partial charge in [0, 0.05) is 6.54 Å². The number of nitriles is 1. The summed E-state index contributed by atoms with van der Waals surface area (Å²) < 4.78 is 0. The van der Waals surface area contributed by atoms with E-state index >= 15 is 0 Å². The third-order valence-electron chi connectivity index (χ3n) is 2.32. The number of amides is 1. The van der Waals surface area contributed by atoms with E-state index < -0.39 is 5.41 Å². The maximum absolute atomic E-state index is 11.7. The van der Waals surface area contributed by atoms with Crippen LogP contribution in [-0.4, -0.2) is 23.9 Å². The van der Waals surface area contributed by atoms with E-state index in [0.29, 0.717) is 25.9 Å². The number of carbonyl (C=O) groups excluding carboxylic acids is 1. The van der Waals surface area contributed by atoms with E-state index in [-0.39, 0.29) is 5.91 Å². The zero-order valence-electron chi connectivity index (χ0n) is 7.71. The number of terminal acetylenes is 1. The second-order valence-corrected chi connectivity index (χ2v) is 3.22. The predicted molar refractivity (Wildman–Crippen MR) is 48.4 cm³/mol.